The molecule has 0 unspecified atom stereocenters. The van der Waals surface area contributed by atoms with Gasteiger partial charge in [-0.1, -0.05) is 0 Å². The number of piperidine rings is 1. The molecular weight excluding hydrogens is 478 g/mol. The minimum absolute atomic E-state index is 0.0350. The number of hydrogen-bond donors (Lipinski definition) is 1. The summed E-state index contributed by atoms with van der Waals surface area (Å²) in [7, 11) is 1.23. The van der Waals surface area contributed by atoms with Crippen molar-refractivity contribution in [3.05, 3.63) is 82.9 Å². The number of nitrogens with one attached hydrogen (secondary N) is 1. The van der Waals surface area contributed by atoms with Crippen LogP contribution in [0.2, 0.25) is 0 Å². The SMILES string of the molecule is COc1ccc(F)c(F)c1C(=O)Nc1cc(C#N)ccc1N1CCC(Oc2ccc(F)cc2F)CC1. The molecule has 186 valence electrons. The Balaban J connectivity index is 1.53. The lowest BCUT2D eigenvalue weighted by molar-refractivity contribution is 0.101. The first-order valence-electron chi connectivity index (χ1n) is 11.0. The van der Waals surface area contributed by atoms with Crippen LogP contribution < -0.4 is 19.7 Å². The summed E-state index contributed by atoms with van der Waals surface area (Å²) >= 11 is 0. The summed E-state index contributed by atoms with van der Waals surface area (Å²) in [6, 6.07) is 11.8. The Morgan fingerprint density at radius 1 is 1.00 bits per heavy atom. The maximum atomic E-state index is 14.4. The lowest BCUT2D eigenvalue weighted by Crippen LogP contribution is -2.38. The number of amides is 1. The number of nitriles is 1. The summed E-state index contributed by atoms with van der Waals surface area (Å²) in [6.45, 7) is 0.916. The summed E-state index contributed by atoms with van der Waals surface area (Å²) in [4.78, 5) is 14.9. The van der Waals surface area contributed by atoms with Gasteiger partial charge in [0, 0.05) is 32.0 Å². The van der Waals surface area contributed by atoms with Gasteiger partial charge in [0.1, 0.15) is 23.2 Å². The minimum Gasteiger partial charge on any atom is -0.496 e. The third kappa shape index (κ3) is 5.20. The molecule has 1 amide bonds. The zero-order valence-electron chi connectivity index (χ0n) is 19.2. The van der Waals surface area contributed by atoms with Crippen LogP contribution in [0.15, 0.2) is 48.5 Å². The van der Waals surface area contributed by atoms with Gasteiger partial charge in [0.2, 0.25) is 0 Å². The summed E-state index contributed by atoms with van der Waals surface area (Å²) in [6.07, 6.45) is 0.677. The zero-order valence-corrected chi connectivity index (χ0v) is 19.2. The largest absolute Gasteiger partial charge is 0.496 e. The Bertz CT molecular complexity index is 1330. The molecule has 10 heteroatoms. The summed E-state index contributed by atoms with van der Waals surface area (Å²) < 4.78 is 66.0. The number of rotatable bonds is 6. The fraction of sp³-hybridized carbons (Fsp3) is 0.231. The second kappa shape index (κ2) is 10.6. The molecule has 0 aromatic heterocycles. The molecule has 1 fully saturated rings. The van der Waals surface area contributed by atoms with Gasteiger partial charge in [-0.3, -0.25) is 4.79 Å². The van der Waals surface area contributed by atoms with Gasteiger partial charge in [-0.2, -0.15) is 5.26 Å². The summed E-state index contributed by atoms with van der Waals surface area (Å²) in [5.41, 5.74) is 0.447. The van der Waals surface area contributed by atoms with Crippen molar-refractivity contribution in [3.63, 3.8) is 0 Å². The van der Waals surface area contributed by atoms with Crippen molar-refractivity contribution in [1.82, 2.24) is 0 Å². The Morgan fingerprint density at radius 3 is 2.39 bits per heavy atom. The molecule has 0 saturated carbocycles. The van der Waals surface area contributed by atoms with Crippen molar-refractivity contribution in [2.75, 3.05) is 30.4 Å². The molecular formula is C26H21F4N3O3. The first kappa shape index (κ1) is 24.9. The predicted molar refractivity (Wildman–Crippen MR) is 124 cm³/mol. The summed E-state index contributed by atoms with van der Waals surface area (Å²) in [5, 5.41) is 11.9. The van der Waals surface area contributed by atoms with Crippen LogP contribution in [-0.2, 0) is 0 Å². The van der Waals surface area contributed by atoms with E-state index in [2.05, 4.69) is 5.32 Å². The lowest BCUT2D eigenvalue weighted by Gasteiger charge is -2.35. The molecule has 0 radical (unpaired) electrons. The quantitative estimate of drug-likeness (QED) is 0.459. The maximum absolute atomic E-state index is 14.4. The van der Waals surface area contributed by atoms with Crippen LogP contribution in [0, 0.1) is 34.6 Å². The number of carbonyl (C=O) groups excluding carboxylic acids is 1. The van der Waals surface area contributed by atoms with Gasteiger partial charge < -0.3 is 19.7 Å². The van der Waals surface area contributed by atoms with Gasteiger partial charge >= 0.3 is 0 Å². The second-order valence-corrected chi connectivity index (χ2v) is 8.12. The number of methoxy groups -OCH3 is 1. The van der Waals surface area contributed by atoms with Gasteiger partial charge in [0.15, 0.2) is 23.2 Å². The van der Waals surface area contributed by atoms with E-state index in [9.17, 15) is 27.6 Å². The van der Waals surface area contributed by atoms with E-state index in [0.29, 0.717) is 31.6 Å². The monoisotopic (exact) mass is 499 g/mol. The van der Waals surface area contributed by atoms with E-state index in [1.807, 2.05) is 11.0 Å². The van der Waals surface area contributed by atoms with Gasteiger partial charge in [0.25, 0.3) is 5.91 Å². The van der Waals surface area contributed by atoms with Crippen molar-refractivity contribution in [1.29, 1.82) is 5.26 Å². The first-order chi connectivity index (χ1) is 17.3. The van der Waals surface area contributed by atoms with Gasteiger partial charge in [0.05, 0.1) is 30.1 Å². The van der Waals surface area contributed by atoms with E-state index in [4.69, 9.17) is 9.47 Å². The van der Waals surface area contributed by atoms with Crippen LogP contribution >= 0.6 is 0 Å². The average molecular weight is 499 g/mol. The normalized spacial score (nSPS) is 13.7. The second-order valence-electron chi connectivity index (χ2n) is 8.12. The van der Waals surface area contributed by atoms with Crippen molar-refractivity contribution in [2.45, 2.75) is 18.9 Å². The van der Waals surface area contributed by atoms with Gasteiger partial charge in [-0.15, -0.1) is 0 Å². The number of benzene rings is 3. The minimum atomic E-state index is -1.35. The highest BCUT2D eigenvalue weighted by Gasteiger charge is 2.26. The molecule has 1 heterocycles. The number of halogens is 4. The third-order valence-electron chi connectivity index (χ3n) is 5.85. The van der Waals surface area contributed by atoms with Crippen molar-refractivity contribution in [3.8, 4) is 17.6 Å². The highest BCUT2D eigenvalue weighted by Crippen LogP contribution is 2.33. The van der Waals surface area contributed by atoms with Crippen LogP contribution in [0.1, 0.15) is 28.8 Å². The molecule has 0 atom stereocenters. The van der Waals surface area contributed by atoms with Crippen molar-refractivity contribution in [2.24, 2.45) is 0 Å². The Labute approximate surface area is 204 Å². The van der Waals surface area contributed by atoms with Crippen LogP contribution in [0.3, 0.4) is 0 Å². The van der Waals surface area contributed by atoms with Crippen LogP contribution in [-0.4, -0.2) is 32.2 Å². The van der Waals surface area contributed by atoms with Crippen molar-refractivity contribution >= 4 is 17.3 Å². The van der Waals surface area contributed by atoms with E-state index < -0.39 is 34.7 Å². The zero-order chi connectivity index (χ0) is 25.8. The third-order valence-corrected chi connectivity index (χ3v) is 5.85. The topological polar surface area (TPSA) is 74.6 Å². The fourth-order valence-electron chi connectivity index (χ4n) is 4.05. The number of ether oxygens (including phenoxy) is 2. The van der Waals surface area contributed by atoms with Gasteiger partial charge in [-0.05, 0) is 42.5 Å². The van der Waals surface area contributed by atoms with E-state index in [-0.39, 0.29) is 28.9 Å². The lowest BCUT2D eigenvalue weighted by atomic mass is 10.0. The first-order valence-corrected chi connectivity index (χ1v) is 11.0. The Kier molecular flexibility index (Phi) is 7.29. The molecule has 0 spiro atoms. The standard InChI is InChI=1S/C26H21F4N3O3/c1-35-23-7-4-18(28)25(30)24(23)26(34)32-20-12-15(14-31)2-5-21(20)33-10-8-17(9-11-33)36-22-6-3-16(27)13-19(22)29/h2-7,12-13,17H,8-11H2,1H3,(H,32,34). The average Bonchev–Trinajstić information content (AvgIpc) is 2.87. The van der Waals surface area contributed by atoms with E-state index in [1.165, 1.54) is 19.2 Å². The van der Waals surface area contributed by atoms with E-state index in [1.54, 1.807) is 12.1 Å². The summed E-state index contributed by atoms with van der Waals surface area (Å²) in [5.74, 6) is -5.15. The molecule has 3 aromatic carbocycles. The number of anilines is 2. The molecule has 36 heavy (non-hydrogen) atoms. The molecule has 0 bridgehead atoms. The molecule has 1 aliphatic rings. The van der Waals surface area contributed by atoms with Crippen molar-refractivity contribution < 1.29 is 31.8 Å². The Morgan fingerprint density at radius 2 is 1.72 bits per heavy atom. The number of carbonyl (C=O) groups is 1. The van der Waals surface area contributed by atoms with E-state index in [0.717, 1.165) is 24.3 Å². The van der Waals surface area contributed by atoms with Crippen LogP contribution in [0.25, 0.3) is 0 Å². The molecule has 4 rings (SSSR count). The van der Waals surface area contributed by atoms with Crippen LogP contribution in [0.5, 0.6) is 11.5 Å². The number of nitrogens with zero attached hydrogens (tertiary/aromatic N) is 2. The molecule has 1 aliphatic heterocycles. The molecule has 3 aromatic rings. The smallest absolute Gasteiger partial charge is 0.262 e. The maximum Gasteiger partial charge on any atom is 0.262 e. The predicted octanol–water partition coefficient (Wildman–Crippen LogP) is 5.42. The molecule has 0 aliphatic carbocycles. The molecule has 1 N–H and O–H groups in total. The molecule has 6 nitrogen and oxygen atoms in total. The highest BCUT2D eigenvalue weighted by atomic mass is 19.2. The van der Waals surface area contributed by atoms with Gasteiger partial charge in [-0.25, -0.2) is 17.6 Å². The fourth-order valence-corrected chi connectivity index (χ4v) is 4.05. The highest BCUT2D eigenvalue weighted by molar-refractivity contribution is 6.08. The molecule has 1 saturated heterocycles. The van der Waals surface area contributed by atoms with Crippen LogP contribution in [0.4, 0.5) is 28.9 Å². The Hall–Kier alpha value is -4.26. The number of hydrogen-bond acceptors (Lipinski definition) is 5. The van der Waals surface area contributed by atoms with E-state index >= 15 is 0 Å².